The monoisotopic (exact) mass is 218 g/mol. The summed E-state index contributed by atoms with van der Waals surface area (Å²) in [6.45, 7) is 10.2. The van der Waals surface area contributed by atoms with E-state index in [2.05, 4.69) is 39.5 Å². The van der Waals surface area contributed by atoms with Crippen LogP contribution in [0, 0.1) is 0 Å². The van der Waals surface area contributed by atoms with Gasteiger partial charge in [0.25, 0.3) is 0 Å². The van der Waals surface area contributed by atoms with Crippen LogP contribution in [0.5, 0.6) is 0 Å². The maximum absolute atomic E-state index is 6.14. The molecule has 2 atom stereocenters. The van der Waals surface area contributed by atoms with Gasteiger partial charge in [-0.2, -0.15) is 0 Å². The molecule has 1 heteroatoms. The van der Waals surface area contributed by atoms with Crippen LogP contribution >= 0.6 is 0 Å². The predicted octanol–water partition coefficient (Wildman–Crippen LogP) is 4.51. The molecule has 0 heterocycles. The van der Waals surface area contributed by atoms with Crippen molar-refractivity contribution in [3.63, 3.8) is 0 Å². The Morgan fingerprint density at radius 1 is 1.38 bits per heavy atom. The highest BCUT2D eigenvalue weighted by atomic mass is 16.5. The lowest BCUT2D eigenvalue weighted by Crippen LogP contribution is -2.28. The Hall–Kier alpha value is -1.08. The highest BCUT2D eigenvalue weighted by Crippen LogP contribution is 2.28. The molecule has 16 heavy (non-hydrogen) atoms. The van der Waals surface area contributed by atoms with Gasteiger partial charge in [0.2, 0.25) is 0 Å². The number of hydrogen-bond acceptors (Lipinski definition) is 1. The van der Waals surface area contributed by atoms with Crippen LogP contribution in [0.2, 0.25) is 0 Å². The average Bonchev–Trinajstić information content (AvgIpc) is 2.30. The Labute approximate surface area is 99.1 Å². The van der Waals surface area contributed by atoms with Gasteiger partial charge in [0.05, 0.1) is 11.7 Å². The van der Waals surface area contributed by atoms with Crippen molar-refractivity contribution in [1.29, 1.82) is 0 Å². The second-order valence-corrected chi connectivity index (χ2v) is 4.47. The first-order valence-electron chi connectivity index (χ1n) is 5.95. The number of ether oxygens (including phenoxy) is 1. The van der Waals surface area contributed by atoms with Crippen molar-refractivity contribution < 1.29 is 4.74 Å². The van der Waals surface area contributed by atoms with Crippen molar-refractivity contribution >= 4 is 0 Å². The van der Waals surface area contributed by atoms with Gasteiger partial charge in [0.15, 0.2) is 0 Å². The Bertz CT molecular complexity index is 317. The minimum atomic E-state index is -0.100. The van der Waals surface area contributed by atoms with Crippen molar-refractivity contribution in [2.75, 3.05) is 0 Å². The molecule has 0 N–H and O–H groups in total. The number of benzene rings is 1. The summed E-state index contributed by atoms with van der Waals surface area (Å²) in [6.07, 6.45) is 3.95. The van der Waals surface area contributed by atoms with Gasteiger partial charge in [-0.1, -0.05) is 43.3 Å². The van der Waals surface area contributed by atoms with Crippen LogP contribution in [-0.4, -0.2) is 5.60 Å². The molecule has 1 nitrogen and oxygen atoms in total. The lowest BCUT2D eigenvalue weighted by molar-refractivity contribution is -0.0777. The fourth-order valence-corrected chi connectivity index (χ4v) is 1.80. The maximum atomic E-state index is 6.14. The van der Waals surface area contributed by atoms with E-state index in [9.17, 15) is 0 Å². The van der Waals surface area contributed by atoms with Crippen LogP contribution in [0.3, 0.4) is 0 Å². The average molecular weight is 218 g/mol. The quantitative estimate of drug-likeness (QED) is 0.638. The Balaban J connectivity index is 2.69. The van der Waals surface area contributed by atoms with E-state index in [1.807, 2.05) is 24.3 Å². The van der Waals surface area contributed by atoms with Gasteiger partial charge < -0.3 is 4.74 Å². The lowest BCUT2D eigenvalue weighted by Gasteiger charge is -2.31. The van der Waals surface area contributed by atoms with E-state index < -0.39 is 0 Å². The normalized spacial score (nSPS) is 16.4. The highest BCUT2D eigenvalue weighted by molar-refractivity contribution is 5.17. The van der Waals surface area contributed by atoms with Crippen LogP contribution in [0.15, 0.2) is 43.0 Å². The molecule has 0 aliphatic carbocycles. The van der Waals surface area contributed by atoms with Gasteiger partial charge in [0.1, 0.15) is 0 Å². The molecule has 0 unspecified atom stereocenters. The smallest absolute Gasteiger partial charge is 0.0804 e. The fraction of sp³-hybridized carbons (Fsp3) is 0.467. The third kappa shape index (κ3) is 3.49. The van der Waals surface area contributed by atoms with Crippen LogP contribution < -0.4 is 0 Å². The van der Waals surface area contributed by atoms with Gasteiger partial charge in [0, 0.05) is 0 Å². The zero-order chi connectivity index (χ0) is 12.0. The Morgan fingerprint density at radius 2 is 2.00 bits per heavy atom. The van der Waals surface area contributed by atoms with Crippen molar-refractivity contribution in [2.24, 2.45) is 0 Å². The maximum Gasteiger partial charge on any atom is 0.0804 e. The summed E-state index contributed by atoms with van der Waals surface area (Å²) in [5, 5.41) is 0. The number of rotatable bonds is 6. The standard InChI is InChI=1S/C15H22O/c1-5-12-15(4,6-2)16-13(3)14-10-8-7-9-11-14/h5,7-11,13H,1,6,12H2,2-4H3/t13-,15+/m0/s1. The molecule has 0 aliphatic heterocycles. The van der Waals surface area contributed by atoms with Gasteiger partial charge in [-0.25, -0.2) is 0 Å². The molecular formula is C15H22O. The number of hydrogen-bond donors (Lipinski definition) is 0. The first-order valence-corrected chi connectivity index (χ1v) is 5.95. The zero-order valence-electron chi connectivity index (χ0n) is 10.6. The van der Waals surface area contributed by atoms with Crippen molar-refractivity contribution in [3.05, 3.63) is 48.6 Å². The summed E-state index contributed by atoms with van der Waals surface area (Å²) in [6, 6.07) is 10.3. The first-order chi connectivity index (χ1) is 7.61. The largest absolute Gasteiger partial charge is 0.367 e. The highest BCUT2D eigenvalue weighted by Gasteiger charge is 2.24. The molecule has 1 aromatic rings. The second kappa shape index (κ2) is 5.86. The predicted molar refractivity (Wildman–Crippen MR) is 69.5 cm³/mol. The fourth-order valence-electron chi connectivity index (χ4n) is 1.80. The molecule has 88 valence electrons. The second-order valence-electron chi connectivity index (χ2n) is 4.47. The summed E-state index contributed by atoms with van der Waals surface area (Å²) < 4.78 is 6.14. The molecule has 0 radical (unpaired) electrons. The van der Waals surface area contributed by atoms with Gasteiger partial charge >= 0.3 is 0 Å². The summed E-state index contributed by atoms with van der Waals surface area (Å²) in [5.41, 5.74) is 1.13. The molecule has 0 saturated carbocycles. The lowest BCUT2D eigenvalue weighted by atomic mass is 9.98. The molecule has 1 rings (SSSR count). The molecule has 0 aromatic heterocycles. The van der Waals surface area contributed by atoms with Gasteiger partial charge in [-0.15, -0.1) is 6.58 Å². The van der Waals surface area contributed by atoms with E-state index in [1.165, 1.54) is 5.56 Å². The minimum Gasteiger partial charge on any atom is -0.367 e. The van der Waals surface area contributed by atoms with Crippen LogP contribution in [0.25, 0.3) is 0 Å². The summed E-state index contributed by atoms with van der Waals surface area (Å²) >= 11 is 0. The van der Waals surface area contributed by atoms with Crippen molar-refractivity contribution in [1.82, 2.24) is 0 Å². The molecule has 0 aliphatic rings. The molecule has 0 bridgehead atoms. The van der Waals surface area contributed by atoms with E-state index >= 15 is 0 Å². The van der Waals surface area contributed by atoms with E-state index in [4.69, 9.17) is 4.74 Å². The summed E-state index contributed by atoms with van der Waals surface area (Å²) in [4.78, 5) is 0. The third-order valence-corrected chi connectivity index (χ3v) is 3.05. The molecule has 0 spiro atoms. The van der Waals surface area contributed by atoms with Crippen LogP contribution in [0.1, 0.15) is 45.3 Å². The molecule has 0 fully saturated rings. The van der Waals surface area contributed by atoms with Crippen molar-refractivity contribution in [2.45, 2.75) is 45.3 Å². The zero-order valence-corrected chi connectivity index (χ0v) is 10.6. The SMILES string of the molecule is C=CC[C@@](C)(CC)O[C@@H](C)c1ccccc1. The molecular weight excluding hydrogens is 196 g/mol. The van der Waals surface area contributed by atoms with Crippen LogP contribution in [-0.2, 0) is 4.74 Å². The van der Waals surface area contributed by atoms with Gasteiger partial charge in [-0.3, -0.25) is 0 Å². The van der Waals surface area contributed by atoms with Gasteiger partial charge in [-0.05, 0) is 32.3 Å². The summed E-state index contributed by atoms with van der Waals surface area (Å²) in [5.74, 6) is 0. The molecule has 1 aromatic carbocycles. The molecule has 0 saturated heterocycles. The van der Waals surface area contributed by atoms with Crippen LogP contribution in [0.4, 0.5) is 0 Å². The Kier molecular flexibility index (Phi) is 4.75. The first kappa shape index (κ1) is 13.0. The van der Waals surface area contributed by atoms with E-state index in [0.717, 1.165) is 12.8 Å². The Morgan fingerprint density at radius 3 is 2.50 bits per heavy atom. The minimum absolute atomic E-state index is 0.100. The van der Waals surface area contributed by atoms with E-state index in [1.54, 1.807) is 0 Å². The van der Waals surface area contributed by atoms with E-state index in [0.29, 0.717) is 0 Å². The topological polar surface area (TPSA) is 9.23 Å². The molecule has 0 amide bonds. The van der Waals surface area contributed by atoms with Crippen molar-refractivity contribution in [3.8, 4) is 0 Å². The third-order valence-electron chi connectivity index (χ3n) is 3.05. The summed E-state index contributed by atoms with van der Waals surface area (Å²) in [7, 11) is 0. The van der Waals surface area contributed by atoms with E-state index in [-0.39, 0.29) is 11.7 Å².